The van der Waals surface area contributed by atoms with Gasteiger partial charge in [-0.2, -0.15) is 0 Å². The number of carbonyl (C=O) groups excluding carboxylic acids is 3. The zero-order valence-corrected chi connectivity index (χ0v) is 21.0. The van der Waals surface area contributed by atoms with Crippen LogP contribution in [0, 0.1) is 11.8 Å². The fraction of sp³-hybridized carbons (Fsp3) is 0.615. The van der Waals surface area contributed by atoms with Gasteiger partial charge in [0.2, 0.25) is 0 Å². The van der Waals surface area contributed by atoms with Crippen LogP contribution >= 0.6 is 11.6 Å². The topological polar surface area (TPSA) is 97.8 Å². The van der Waals surface area contributed by atoms with Crippen molar-refractivity contribution < 1.29 is 23.9 Å². The van der Waals surface area contributed by atoms with Gasteiger partial charge in [0.25, 0.3) is 0 Å². The summed E-state index contributed by atoms with van der Waals surface area (Å²) < 4.78 is 11.3. The molecule has 35 heavy (non-hydrogen) atoms. The minimum absolute atomic E-state index is 0.194. The molecule has 1 unspecified atom stereocenters. The minimum atomic E-state index is -1.02. The summed E-state index contributed by atoms with van der Waals surface area (Å²) in [5.41, 5.74) is 1.02. The number of imide groups is 1. The van der Waals surface area contributed by atoms with Crippen LogP contribution in [0.4, 0.5) is 9.59 Å². The second kappa shape index (κ2) is 11.9. The highest BCUT2D eigenvalue weighted by Crippen LogP contribution is 2.36. The number of carbonyl (C=O) groups is 3. The van der Waals surface area contributed by atoms with E-state index in [1.165, 1.54) is 19.0 Å². The first kappa shape index (κ1) is 25.5. The van der Waals surface area contributed by atoms with Crippen molar-refractivity contribution in [2.75, 3.05) is 13.2 Å². The summed E-state index contributed by atoms with van der Waals surface area (Å²) in [7, 11) is 0. The number of amides is 3. The summed E-state index contributed by atoms with van der Waals surface area (Å²) >= 11 is 5.98. The third kappa shape index (κ3) is 6.34. The molecule has 190 valence electrons. The van der Waals surface area contributed by atoms with E-state index in [4.69, 9.17) is 21.1 Å². The van der Waals surface area contributed by atoms with Crippen molar-refractivity contribution in [3.05, 3.63) is 40.3 Å². The predicted molar refractivity (Wildman–Crippen MR) is 131 cm³/mol. The van der Waals surface area contributed by atoms with Crippen molar-refractivity contribution in [2.45, 2.75) is 77.2 Å². The number of aromatic nitrogens is 1. The zero-order chi connectivity index (χ0) is 24.8. The average Bonchev–Trinajstić information content (AvgIpc) is 2.87. The van der Waals surface area contributed by atoms with Crippen molar-refractivity contribution >= 4 is 29.7 Å². The van der Waals surface area contributed by atoms with Crippen LogP contribution in [0.15, 0.2) is 29.6 Å². The number of esters is 1. The molecule has 4 rings (SSSR count). The first-order valence-electron chi connectivity index (χ1n) is 12.7. The molecule has 2 saturated carbocycles. The van der Waals surface area contributed by atoms with Gasteiger partial charge in [0.15, 0.2) is 0 Å². The van der Waals surface area contributed by atoms with Crippen LogP contribution in [-0.4, -0.2) is 41.2 Å². The maximum absolute atomic E-state index is 13.3. The van der Waals surface area contributed by atoms with E-state index < -0.39 is 24.1 Å². The number of halogens is 1. The summed E-state index contributed by atoms with van der Waals surface area (Å²) in [6, 6.07) is 1.54. The van der Waals surface area contributed by atoms with Gasteiger partial charge in [0.05, 0.1) is 18.8 Å². The summed E-state index contributed by atoms with van der Waals surface area (Å²) in [4.78, 5) is 44.6. The van der Waals surface area contributed by atoms with Gasteiger partial charge in [-0.05, 0) is 56.1 Å². The lowest BCUT2D eigenvalue weighted by molar-refractivity contribution is -0.141. The Bertz CT molecular complexity index is 952. The first-order chi connectivity index (χ1) is 16.9. The van der Waals surface area contributed by atoms with E-state index in [-0.39, 0.29) is 23.3 Å². The lowest BCUT2D eigenvalue weighted by Crippen LogP contribution is -2.51. The Morgan fingerprint density at radius 2 is 1.60 bits per heavy atom. The molecule has 8 nitrogen and oxygen atoms in total. The number of ether oxygens (including phenoxy) is 2. The predicted octanol–water partition coefficient (Wildman–Crippen LogP) is 5.92. The molecule has 2 fully saturated rings. The van der Waals surface area contributed by atoms with E-state index in [0.717, 1.165) is 56.3 Å². The average molecular weight is 504 g/mol. The number of pyridine rings is 1. The first-order valence-corrected chi connectivity index (χ1v) is 13.1. The van der Waals surface area contributed by atoms with Crippen molar-refractivity contribution in [3.8, 4) is 0 Å². The van der Waals surface area contributed by atoms with E-state index in [0.29, 0.717) is 23.8 Å². The fourth-order valence-corrected chi connectivity index (χ4v) is 5.41. The smallest absolute Gasteiger partial charge is 0.418 e. The maximum Gasteiger partial charge on any atom is 0.418 e. The van der Waals surface area contributed by atoms with Crippen molar-refractivity contribution in [1.29, 1.82) is 0 Å². The van der Waals surface area contributed by atoms with E-state index in [1.807, 2.05) is 0 Å². The molecule has 2 heterocycles. The molecule has 1 atom stereocenters. The highest BCUT2D eigenvalue weighted by molar-refractivity contribution is 6.29. The largest absolute Gasteiger partial charge is 0.462 e. The maximum atomic E-state index is 13.3. The van der Waals surface area contributed by atoms with Crippen molar-refractivity contribution in [2.24, 2.45) is 11.8 Å². The molecule has 1 aromatic rings. The highest BCUT2D eigenvalue weighted by atomic mass is 35.5. The summed E-state index contributed by atoms with van der Waals surface area (Å²) in [5.74, 6) is 0.0607. The number of hydrogen-bond acceptors (Lipinski definition) is 6. The van der Waals surface area contributed by atoms with E-state index >= 15 is 0 Å². The van der Waals surface area contributed by atoms with Crippen LogP contribution in [0.3, 0.4) is 0 Å². The van der Waals surface area contributed by atoms with E-state index in [1.54, 1.807) is 19.1 Å². The molecule has 1 N–H and O–H groups in total. The van der Waals surface area contributed by atoms with Crippen LogP contribution in [0.1, 0.15) is 82.7 Å². The summed E-state index contributed by atoms with van der Waals surface area (Å²) in [6.07, 6.45) is 11.7. The minimum Gasteiger partial charge on any atom is -0.462 e. The molecule has 3 amide bonds. The number of nitrogens with zero attached hydrogens (tertiary/aromatic N) is 2. The second-order valence-electron chi connectivity index (χ2n) is 9.84. The Hall–Kier alpha value is -2.61. The van der Waals surface area contributed by atoms with Crippen LogP contribution in [0.5, 0.6) is 0 Å². The molecule has 2 aliphatic carbocycles. The summed E-state index contributed by atoms with van der Waals surface area (Å²) in [5, 5.41) is 2.91. The van der Waals surface area contributed by atoms with Gasteiger partial charge in [0.1, 0.15) is 11.2 Å². The standard InChI is InChI=1S/C26H34ClN3O5/c1-17-22(24(31)34-15-18-8-4-2-5-9-18)23(20-12-13-21(27)28-14-20)30(25(32)29-17)26(33)35-16-19-10-6-3-7-11-19/h12-14,18-19,23H,2-11,15-16H2,1H3,(H,29,32). The van der Waals surface area contributed by atoms with Gasteiger partial charge in [0, 0.05) is 11.9 Å². The van der Waals surface area contributed by atoms with Gasteiger partial charge in [-0.15, -0.1) is 0 Å². The van der Waals surface area contributed by atoms with Crippen molar-refractivity contribution in [3.63, 3.8) is 0 Å². The zero-order valence-electron chi connectivity index (χ0n) is 20.3. The number of urea groups is 1. The lowest BCUT2D eigenvalue weighted by atomic mass is 9.90. The van der Waals surface area contributed by atoms with Crippen LogP contribution in [0.25, 0.3) is 0 Å². The molecule has 3 aliphatic rings. The van der Waals surface area contributed by atoms with E-state index in [2.05, 4.69) is 10.3 Å². The highest BCUT2D eigenvalue weighted by Gasteiger charge is 2.43. The Kier molecular flexibility index (Phi) is 8.65. The SMILES string of the molecule is CC1=C(C(=O)OCC2CCCCC2)C(c2ccc(Cl)nc2)N(C(=O)OCC2CCCCC2)C(=O)N1. The number of nitrogens with one attached hydrogen (secondary N) is 1. The van der Waals surface area contributed by atoms with Gasteiger partial charge in [-0.3, -0.25) is 0 Å². The lowest BCUT2D eigenvalue weighted by Gasteiger charge is -2.36. The molecular formula is C26H34ClN3O5. The van der Waals surface area contributed by atoms with Crippen LogP contribution in [0.2, 0.25) is 5.15 Å². The Morgan fingerprint density at radius 1 is 1.00 bits per heavy atom. The Morgan fingerprint density at radius 3 is 2.17 bits per heavy atom. The Labute approximate surface area is 211 Å². The number of hydrogen-bond donors (Lipinski definition) is 1. The number of allylic oxidation sites excluding steroid dienone is 1. The van der Waals surface area contributed by atoms with Gasteiger partial charge in [-0.1, -0.05) is 56.2 Å². The normalized spacial score (nSPS) is 22.1. The van der Waals surface area contributed by atoms with Gasteiger partial charge < -0.3 is 14.8 Å². The second-order valence-corrected chi connectivity index (χ2v) is 10.2. The molecular weight excluding hydrogens is 470 g/mol. The molecule has 1 aliphatic heterocycles. The van der Waals surface area contributed by atoms with E-state index in [9.17, 15) is 14.4 Å². The molecule has 0 spiro atoms. The van der Waals surface area contributed by atoms with Crippen LogP contribution < -0.4 is 5.32 Å². The molecule has 0 radical (unpaired) electrons. The third-order valence-corrected chi connectivity index (χ3v) is 7.50. The monoisotopic (exact) mass is 503 g/mol. The van der Waals surface area contributed by atoms with Gasteiger partial charge >= 0.3 is 18.1 Å². The van der Waals surface area contributed by atoms with Crippen LogP contribution in [-0.2, 0) is 14.3 Å². The molecule has 0 saturated heterocycles. The number of rotatable bonds is 6. The molecule has 1 aromatic heterocycles. The fourth-order valence-electron chi connectivity index (χ4n) is 5.29. The molecule has 9 heteroatoms. The quantitative estimate of drug-likeness (QED) is 0.382. The van der Waals surface area contributed by atoms with Gasteiger partial charge in [-0.25, -0.2) is 24.3 Å². The molecule has 0 aromatic carbocycles. The summed E-state index contributed by atoms with van der Waals surface area (Å²) in [6.45, 7) is 2.20. The Balaban J connectivity index is 1.57. The molecule has 0 bridgehead atoms. The van der Waals surface area contributed by atoms with Crippen molar-refractivity contribution in [1.82, 2.24) is 15.2 Å². The third-order valence-electron chi connectivity index (χ3n) is 7.27.